The number of rotatable bonds is 5. The number of carboxylic acid groups (broad SMARTS) is 2. The molecule has 9 nitrogen and oxygen atoms in total. The van der Waals surface area contributed by atoms with E-state index in [0.29, 0.717) is 18.2 Å². The van der Waals surface area contributed by atoms with Gasteiger partial charge in [-0.05, 0) is 26.2 Å². The highest BCUT2D eigenvalue weighted by Crippen LogP contribution is 2.32. The Kier molecular flexibility index (Phi) is 11.2. The van der Waals surface area contributed by atoms with Crippen LogP contribution >= 0.6 is 0 Å². The molecule has 2 fully saturated rings. The number of aliphatic carboxylic acids is 2. The molecule has 0 spiro atoms. The molecule has 196 valence electrons. The van der Waals surface area contributed by atoms with E-state index in [-0.39, 0.29) is 0 Å². The summed E-state index contributed by atoms with van der Waals surface area (Å²) in [5.41, 5.74) is 0. The van der Waals surface area contributed by atoms with Crippen molar-refractivity contribution in [3.05, 3.63) is 18.2 Å². The summed E-state index contributed by atoms with van der Waals surface area (Å²) in [5.74, 6) is -4.37. The average Bonchev–Trinajstić information content (AvgIpc) is 3.32. The lowest BCUT2D eigenvalue weighted by molar-refractivity contribution is -0.193. The van der Waals surface area contributed by atoms with Crippen LogP contribution in [0.25, 0.3) is 0 Å². The Balaban J connectivity index is 0.000000343. The van der Waals surface area contributed by atoms with Crippen LogP contribution < -0.4 is 0 Å². The smallest absolute Gasteiger partial charge is 0.475 e. The number of ether oxygens (including phenoxy) is 2. The molecule has 0 aromatic carbocycles. The molecule has 0 saturated carbocycles. The number of halogens is 6. The second kappa shape index (κ2) is 12.9. The molecule has 0 amide bonds. The van der Waals surface area contributed by atoms with Crippen LogP contribution in [-0.4, -0.2) is 87.0 Å². The topological polar surface area (TPSA) is 114 Å². The predicted octanol–water partition coefficient (Wildman–Crippen LogP) is 2.85. The van der Waals surface area contributed by atoms with E-state index in [9.17, 15) is 26.3 Å². The number of imidazole rings is 1. The van der Waals surface area contributed by atoms with E-state index in [4.69, 9.17) is 29.3 Å². The first-order valence-electron chi connectivity index (χ1n) is 10.2. The van der Waals surface area contributed by atoms with Gasteiger partial charge in [-0.15, -0.1) is 0 Å². The fourth-order valence-corrected chi connectivity index (χ4v) is 3.38. The molecule has 3 rings (SSSR count). The summed E-state index contributed by atoms with van der Waals surface area (Å²) in [4.78, 5) is 24.8. The summed E-state index contributed by atoms with van der Waals surface area (Å²) < 4.78 is 77.3. The molecule has 1 aromatic rings. The van der Waals surface area contributed by atoms with Gasteiger partial charge in [-0.3, -0.25) is 4.90 Å². The lowest BCUT2D eigenvalue weighted by atomic mass is 9.99. The Hall–Kier alpha value is -2.39. The first-order valence-corrected chi connectivity index (χ1v) is 10.2. The third-order valence-electron chi connectivity index (χ3n) is 5.01. The minimum Gasteiger partial charge on any atom is -0.475 e. The monoisotopic (exact) mass is 507 g/mol. The number of nitrogens with zero attached hydrogens (tertiary/aromatic N) is 3. The van der Waals surface area contributed by atoms with E-state index in [1.807, 2.05) is 19.3 Å². The third-order valence-corrected chi connectivity index (χ3v) is 5.01. The van der Waals surface area contributed by atoms with Gasteiger partial charge in [0, 0.05) is 38.6 Å². The molecular weight excluding hydrogens is 480 g/mol. The van der Waals surface area contributed by atoms with Gasteiger partial charge in [0.1, 0.15) is 5.82 Å². The molecule has 3 atom stereocenters. The number of aryl methyl sites for hydroxylation is 1. The van der Waals surface area contributed by atoms with Gasteiger partial charge < -0.3 is 24.3 Å². The summed E-state index contributed by atoms with van der Waals surface area (Å²) in [6, 6.07) is 0.560. The predicted molar refractivity (Wildman–Crippen MR) is 104 cm³/mol. The fraction of sp³-hybridized carbons (Fsp3) is 0.737. The maximum atomic E-state index is 10.6. The van der Waals surface area contributed by atoms with Crippen LogP contribution in [0, 0.1) is 0 Å². The molecule has 0 aliphatic carbocycles. The van der Waals surface area contributed by atoms with Gasteiger partial charge in [0.15, 0.2) is 0 Å². The maximum absolute atomic E-state index is 10.6. The number of hydrogen-bond acceptors (Lipinski definition) is 6. The molecule has 2 N–H and O–H groups in total. The molecule has 1 aromatic heterocycles. The van der Waals surface area contributed by atoms with Crippen molar-refractivity contribution in [2.45, 2.75) is 63.3 Å². The van der Waals surface area contributed by atoms with E-state index in [0.717, 1.165) is 45.0 Å². The normalized spacial score (nSPS) is 22.6. The summed E-state index contributed by atoms with van der Waals surface area (Å²) >= 11 is 0. The molecular formula is C19H27F6N3O6. The molecule has 0 unspecified atom stereocenters. The number of hydrogen-bond donors (Lipinski definition) is 2. The number of carbonyl (C=O) groups is 2. The van der Waals surface area contributed by atoms with E-state index in [1.165, 1.54) is 6.42 Å². The highest BCUT2D eigenvalue weighted by molar-refractivity contribution is 5.73. The molecule has 0 bridgehead atoms. The summed E-state index contributed by atoms with van der Waals surface area (Å²) in [7, 11) is 2.06. The average molecular weight is 507 g/mol. The SMILES string of the molecule is CCOC[C@@H]1CC[C@H]2[C@H](CCN2Cc2nccn2C)O1.O=C(O)C(F)(F)F.O=C(O)C(F)(F)F. The van der Waals surface area contributed by atoms with Crippen LogP contribution in [0.5, 0.6) is 0 Å². The number of aromatic nitrogens is 2. The quantitative estimate of drug-likeness (QED) is 0.585. The van der Waals surface area contributed by atoms with E-state index < -0.39 is 24.3 Å². The number of alkyl halides is 6. The molecule has 3 heterocycles. The van der Waals surface area contributed by atoms with Crippen molar-refractivity contribution >= 4 is 11.9 Å². The van der Waals surface area contributed by atoms with Gasteiger partial charge in [-0.1, -0.05) is 0 Å². The fourth-order valence-electron chi connectivity index (χ4n) is 3.38. The van der Waals surface area contributed by atoms with E-state index >= 15 is 0 Å². The van der Waals surface area contributed by atoms with Gasteiger partial charge in [-0.2, -0.15) is 26.3 Å². The minimum atomic E-state index is -5.08. The second-order valence-corrected chi connectivity index (χ2v) is 7.42. The highest BCUT2D eigenvalue weighted by atomic mass is 19.4. The summed E-state index contributed by atoms with van der Waals surface area (Å²) in [5, 5.41) is 14.2. The Bertz CT molecular complexity index is 761. The third kappa shape index (κ3) is 9.85. The molecule has 2 aliphatic heterocycles. The Morgan fingerprint density at radius 1 is 1.12 bits per heavy atom. The molecule has 15 heteroatoms. The Labute approximate surface area is 191 Å². The van der Waals surface area contributed by atoms with Crippen molar-refractivity contribution in [1.82, 2.24) is 14.5 Å². The summed E-state index contributed by atoms with van der Waals surface area (Å²) in [6.07, 6.45) is -2.14. The first kappa shape index (κ1) is 29.6. The lowest BCUT2D eigenvalue weighted by Gasteiger charge is -2.35. The van der Waals surface area contributed by atoms with Crippen molar-refractivity contribution in [2.75, 3.05) is 19.8 Å². The zero-order valence-electron chi connectivity index (χ0n) is 18.5. The van der Waals surface area contributed by atoms with Crippen LogP contribution in [0.15, 0.2) is 12.4 Å². The molecule has 34 heavy (non-hydrogen) atoms. The molecule has 0 radical (unpaired) electrons. The number of likely N-dealkylation sites (tertiary alicyclic amines) is 1. The van der Waals surface area contributed by atoms with Crippen molar-refractivity contribution in [1.29, 1.82) is 0 Å². The second-order valence-electron chi connectivity index (χ2n) is 7.42. The van der Waals surface area contributed by atoms with E-state index in [1.54, 1.807) is 0 Å². The first-order chi connectivity index (χ1) is 15.7. The number of carboxylic acids is 2. The number of fused-ring (bicyclic) bond motifs is 1. The van der Waals surface area contributed by atoms with Gasteiger partial charge in [0.05, 0.1) is 25.4 Å². The van der Waals surface area contributed by atoms with Crippen LogP contribution in [0.4, 0.5) is 26.3 Å². The highest BCUT2D eigenvalue weighted by Gasteiger charge is 2.40. The van der Waals surface area contributed by atoms with Crippen LogP contribution in [-0.2, 0) is 32.7 Å². The summed E-state index contributed by atoms with van der Waals surface area (Å²) in [6.45, 7) is 5.61. The Morgan fingerprint density at radius 2 is 1.68 bits per heavy atom. The zero-order chi connectivity index (χ0) is 26.1. The van der Waals surface area contributed by atoms with Crippen molar-refractivity contribution in [2.24, 2.45) is 7.05 Å². The van der Waals surface area contributed by atoms with Crippen LogP contribution in [0.3, 0.4) is 0 Å². The van der Waals surface area contributed by atoms with Crippen LogP contribution in [0.2, 0.25) is 0 Å². The maximum Gasteiger partial charge on any atom is 0.490 e. The molecule has 2 aliphatic rings. The largest absolute Gasteiger partial charge is 0.490 e. The van der Waals surface area contributed by atoms with E-state index in [2.05, 4.69) is 21.5 Å². The minimum absolute atomic E-state index is 0.296. The lowest BCUT2D eigenvalue weighted by Crippen LogP contribution is -2.43. The zero-order valence-corrected chi connectivity index (χ0v) is 18.5. The Morgan fingerprint density at radius 3 is 2.12 bits per heavy atom. The van der Waals surface area contributed by atoms with Gasteiger partial charge in [-0.25, -0.2) is 14.6 Å². The van der Waals surface area contributed by atoms with Gasteiger partial charge in [0.25, 0.3) is 0 Å². The van der Waals surface area contributed by atoms with Gasteiger partial charge in [0.2, 0.25) is 0 Å². The van der Waals surface area contributed by atoms with Gasteiger partial charge >= 0.3 is 24.3 Å². The molecule has 2 saturated heterocycles. The standard InChI is InChI=1S/C15H25N3O2.2C2HF3O2/c1-3-19-11-12-4-5-13-14(20-12)6-8-18(13)10-15-16-7-9-17(15)2;2*3-2(4,5)1(6)7/h7,9,12-14H,3-6,8,10-11H2,1-2H3;2*(H,6,7)/t12-,13-,14-;;/m0../s1. The van der Waals surface area contributed by atoms with Crippen LogP contribution in [0.1, 0.15) is 32.0 Å². The van der Waals surface area contributed by atoms with Crippen molar-refractivity contribution < 1.29 is 55.6 Å². The van der Waals surface area contributed by atoms with Crippen molar-refractivity contribution in [3.8, 4) is 0 Å². The van der Waals surface area contributed by atoms with Crippen molar-refractivity contribution in [3.63, 3.8) is 0 Å².